The molecule has 0 unspecified atom stereocenters. The number of amides is 1. The normalized spacial score (nSPS) is 20.8. The first-order valence-electron chi connectivity index (χ1n) is 6.95. The maximum Gasteiger partial charge on any atom is 0.252 e. The van der Waals surface area contributed by atoms with Crippen molar-refractivity contribution in [1.29, 1.82) is 0 Å². The predicted octanol–water partition coefficient (Wildman–Crippen LogP) is 0.533. The van der Waals surface area contributed by atoms with Gasteiger partial charge in [-0.15, -0.1) is 0 Å². The molecule has 1 aromatic rings. The summed E-state index contributed by atoms with van der Waals surface area (Å²) in [7, 11) is 0. The van der Waals surface area contributed by atoms with E-state index in [1.54, 1.807) is 6.07 Å². The average Bonchev–Trinajstić information content (AvgIpc) is 2.38. The van der Waals surface area contributed by atoms with Gasteiger partial charge < -0.3 is 16.0 Å². The van der Waals surface area contributed by atoms with E-state index in [2.05, 4.69) is 15.1 Å². The first kappa shape index (κ1) is 13.7. The number of nitrogens with zero attached hydrogens (tertiary/aromatic N) is 2. The van der Waals surface area contributed by atoms with E-state index < -0.39 is 5.91 Å². The number of carbonyl (C=O) groups is 1. The monoisotopic (exact) mass is 294 g/mol. The number of rotatable bonds is 3. The van der Waals surface area contributed by atoms with Crippen LogP contribution in [0, 0.1) is 0 Å². The fourth-order valence-electron chi connectivity index (χ4n) is 2.95. The molecule has 2 fully saturated rings. The number of carbonyl (C=O) groups excluding carboxylic acids is 1. The molecule has 0 bridgehead atoms. The molecule has 5 nitrogen and oxygen atoms in total. The highest BCUT2D eigenvalue weighted by molar-refractivity contribution is 6.34. The first-order chi connectivity index (χ1) is 9.66. The van der Waals surface area contributed by atoms with Crippen molar-refractivity contribution in [2.45, 2.75) is 6.04 Å². The lowest BCUT2D eigenvalue weighted by atomic mass is 10.0. The van der Waals surface area contributed by atoms with Crippen molar-refractivity contribution in [3.8, 4) is 0 Å². The van der Waals surface area contributed by atoms with Crippen LogP contribution in [0.1, 0.15) is 10.4 Å². The predicted molar refractivity (Wildman–Crippen MR) is 80.4 cm³/mol. The summed E-state index contributed by atoms with van der Waals surface area (Å²) in [5, 5.41) is 3.79. The van der Waals surface area contributed by atoms with Crippen molar-refractivity contribution in [2.24, 2.45) is 5.73 Å². The number of nitrogens with two attached hydrogens (primary N) is 1. The fraction of sp³-hybridized carbons (Fsp3) is 0.500. The zero-order chi connectivity index (χ0) is 14.1. The lowest BCUT2D eigenvalue weighted by molar-refractivity contribution is 0.0999. The first-order valence-corrected chi connectivity index (χ1v) is 7.32. The van der Waals surface area contributed by atoms with E-state index in [1.165, 1.54) is 0 Å². The maximum absolute atomic E-state index is 11.6. The van der Waals surface area contributed by atoms with Crippen LogP contribution < -0.4 is 16.0 Å². The number of primary amides is 1. The minimum Gasteiger partial charge on any atom is -0.368 e. The van der Waals surface area contributed by atoms with Crippen LogP contribution in [-0.2, 0) is 0 Å². The molecule has 2 aliphatic rings. The molecule has 3 rings (SSSR count). The Morgan fingerprint density at radius 1 is 1.30 bits per heavy atom. The molecule has 2 heterocycles. The largest absolute Gasteiger partial charge is 0.368 e. The summed E-state index contributed by atoms with van der Waals surface area (Å²) in [4.78, 5) is 16.2. The summed E-state index contributed by atoms with van der Waals surface area (Å²) in [6, 6.07) is 6.05. The van der Waals surface area contributed by atoms with Crippen LogP contribution in [0.25, 0.3) is 0 Å². The van der Waals surface area contributed by atoms with Gasteiger partial charge in [-0.25, -0.2) is 0 Å². The van der Waals surface area contributed by atoms with Gasteiger partial charge in [-0.2, -0.15) is 0 Å². The Hall–Kier alpha value is -1.30. The molecule has 3 N–H and O–H groups in total. The van der Waals surface area contributed by atoms with Crippen molar-refractivity contribution in [3.05, 3.63) is 28.8 Å². The molecule has 108 valence electrons. The SMILES string of the molecule is NC(=O)c1c(Cl)cccc1N1CC(N2CCNCC2)C1. The Labute approximate surface area is 123 Å². The molecular formula is C14H19ClN4O. The molecule has 2 aliphatic heterocycles. The van der Waals surface area contributed by atoms with Crippen molar-refractivity contribution >= 4 is 23.2 Å². The van der Waals surface area contributed by atoms with Gasteiger partial charge in [0.1, 0.15) is 0 Å². The van der Waals surface area contributed by atoms with Gasteiger partial charge in [-0.3, -0.25) is 9.69 Å². The van der Waals surface area contributed by atoms with Crippen LogP contribution >= 0.6 is 11.6 Å². The quantitative estimate of drug-likeness (QED) is 0.854. The van der Waals surface area contributed by atoms with E-state index in [1.807, 2.05) is 12.1 Å². The molecule has 1 aromatic carbocycles. The molecule has 0 spiro atoms. The Bertz CT molecular complexity index is 510. The van der Waals surface area contributed by atoms with Gasteiger partial charge >= 0.3 is 0 Å². The van der Waals surface area contributed by atoms with E-state index in [-0.39, 0.29) is 0 Å². The molecular weight excluding hydrogens is 276 g/mol. The molecule has 0 atom stereocenters. The van der Waals surface area contributed by atoms with Gasteiger partial charge in [0.05, 0.1) is 16.3 Å². The second-order valence-corrected chi connectivity index (χ2v) is 5.75. The highest BCUT2D eigenvalue weighted by Gasteiger charge is 2.34. The van der Waals surface area contributed by atoms with Crippen LogP contribution in [-0.4, -0.2) is 56.1 Å². The molecule has 0 aromatic heterocycles. The third-order valence-corrected chi connectivity index (χ3v) is 4.42. The lowest BCUT2D eigenvalue weighted by Gasteiger charge is -2.48. The lowest BCUT2D eigenvalue weighted by Crippen LogP contribution is -2.63. The van der Waals surface area contributed by atoms with Gasteiger partial charge in [-0.1, -0.05) is 17.7 Å². The van der Waals surface area contributed by atoms with E-state index in [4.69, 9.17) is 17.3 Å². The number of hydrogen-bond acceptors (Lipinski definition) is 4. The van der Waals surface area contributed by atoms with Gasteiger partial charge in [-0.05, 0) is 12.1 Å². The third-order valence-electron chi connectivity index (χ3n) is 4.11. The molecule has 6 heteroatoms. The van der Waals surface area contributed by atoms with Crippen molar-refractivity contribution in [1.82, 2.24) is 10.2 Å². The number of nitrogens with one attached hydrogen (secondary N) is 1. The summed E-state index contributed by atoms with van der Waals surface area (Å²) >= 11 is 6.09. The van der Waals surface area contributed by atoms with Crippen LogP contribution in [0.5, 0.6) is 0 Å². The Balaban J connectivity index is 1.70. The minimum absolute atomic E-state index is 0.431. The number of benzene rings is 1. The minimum atomic E-state index is -0.462. The zero-order valence-corrected chi connectivity index (χ0v) is 12.1. The van der Waals surface area contributed by atoms with Crippen LogP contribution in [0.4, 0.5) is 5.69 Å². The molecule has 0 aliphatic carbocycles. The van der Waals surface area contributed by atoms with Crippen molar-refractivity contribution in [3.63, 3.8) is 0 Å². The molecule has 1 amide bonds. The second kappa shape index (κ2) is 5.60. The number of piperazine rings is 1. The summed E-state index contributed by atoms with van der Waals surface area (Å²) in [5.41, 5.74) is 6.74. The Morgan fingerprint density at radius 2 is 2.00 bits per heavy atom. The smallest absolute Gasteiger partial charge is 0.252 e. The zero-order valence-electron chi connectivity index (χ0n) is 11.3. The highest BCUT2D eigenvalue weighted by Crippen LogP contribution is 2.31. The van der Waals surface area contributed by atoms with E-state index in [9.17, 15) is 4.79 Å². The van der Waals surface area contributed by atoms with Crippen molar-refractivity contribution in [2.75, 3.05) is 44.2 Å². The topological polar surface area (TPSA) is 61.6 Å². The van der Waals surface area contributed by atoms with E-state index in [0.29, 0.717) is 16.6 Å². The third kappa shape index (κ3) is 2.49. The standard InChI is InChI=1S/C14H19ClN4O/c15-11-2-1-3-12(13(11)14(16)20)19-8-10(9-19)18-6-4-17-5-7-18/h1-3,10,17H,4-9H2,(H2,16,20). The van der Waals surface area contributed by atoms with E-state index in [0.717, 1.165) is 45.0 Å². The van der Waals surface area contributed by atoms with Gasteiger partial charge in [0.25, 0.3) is 5.91 Å². The highest BCUT2D eigenvalue weighted by atomic mass is 35.5. The Kier molecular flexibility index (Phi) is 3.83. The summed E-state index contributed by atoms with van der Waals surface area (Å²) < 4.78 is 0. The van der Waals surface area contributed by atoms with Crippen LogP contribution in [0.2, 0.25) is 5.02 Å². The van der Waals surface area contributed by atoms with E-state index >= 15 is 0 Å². The van der Waals surface area contributed by atoms with Gasteiger partial charge in [0.2, 0.25) is 0 Å². The number of halogens is 1. The average molecular weight is 295 g/mol. The fourth-order valence-corrected chi connectivity index (χ4v) is 3.21. The molecule has 0 saturated carbocycles. The van der Waals surface area contributed by atoms with Gasteiger partial charge in [0, 0.05) is 45.3 Å². The summed E-state index contributed by atoms with van der Waals surface area (Å²) in [6.07, 6.45) is 0. The van der Waals surface area contributed by atoms with Crippen molar-refractivity contribution < 1.29 is 4.79 Å². The van der Waals surface area contributed by atoms with Crippen LogP contribution in [0.15, 0.2) is 18.2 Å². The Morgan fingerprint density at radius 3 is 2.65 bits per heavy atom. The van der Waals surface area contributed by atoms with Crippen LogP contribution in [0.3, 0.4) is 0 Å². The molecule has 0 radical (unpaired) electrons. The molecule has 2 saturated heterocycles. The maximum atomic E-state index is 11.6. The summed E-state index contributed by atoms with van der Waals surface area (Å²) in [6.45, 7) is 6.16. The number of anilines is 1. The second-order valence-electron chi connectivity index (χ2n) is 5.34. The summed E-state index contributed by atoms with van der Waals surface area (Å²) in [5.74, 6) is -0.462. The van der Waals surface area contributed by atoms with Gasteiger partial charge in [0.15, 0.2) is 0 Å². The number of hydrogen-bond donors (Lipinski definition) is 2. The molecule has 20 heavy (non-hydrogen) atoms.